The summed E-state index contributed by atoms with van der Waals surface area (Å²) in [5.41, 5.74) is 7.29. The predicted molar refractivity (Wildman–Crippen MR) is 222 cm³/mol. The smallest absolute Gasteiger partial charge is 0.386 e. The second-order valence-electron chi connectivity index (χ2n) is 14.6. The van der Waals surface area contributed by atoms with E-state index in [0.717, 1.165) is 41.8 Å². The van der Waals surface area contributed by atoms with E-state index in [1.807, 2.05) is 6.08 Å². The number of nitrogens with zero attached hydrogens (tertiary/aromatic N) is 4. The lowest BCUT2D eigenvalue weighted by atomic mass is 9.87. The number of carbonyl (C=O) groups is 3. The molecule has 0 spiro atoms. The third kappa shape index (κ3) is 18.3. The topological polar surface area (TPSA) is 364 Å². The van der Waals surface area contributed by atoms with Crippen molar-refractivity contribution in [1.29, 1.82) is 0 Å². The van der Waals surface area contributed by atoms with Crippen molar-refractivity contribution in [3.8, 4) is 0 Å². The number of thioether (sulfide) groups is 1. The zero-order valence-electron chi connectivity index (χ0n) is 34.4. The highest BCUT2D eigenvalue weighted by Gasteiger charge is 2.50. The van der Waals surface area contributed by atoms with Crippen molar-refractivity contribution in [2.45, 2.75) is 109 Å². The number of hydrogen-bond acceptors (Lipinski definition) is 18. The number of aliphatic hydroxyl groups is 2. The zero-order chi connectivity index (χ0) is 46.1. The summed E-state index contributed by atoms with van der Waals surface area (Å²) in [6.07, 6.45) is 5.05. The molecule has 0 aliphatic carbocycles. The summed E-state index contributed by atoms with van der Waals surface area (Å²) < 4.78 is 62.3. The first-order valence-electron chi connectivity index (χ1n) is 19.5. The van der Waals surface area contributed by atoms with Gasteiger partial charge in [-0.05, 0) is 25.0 Å². The first kappa shape index (κ1) is 53.4. The fourth-order valence-electron chi connectivity index (χ4n) is 5.69. The van der Waals surface area contributed by atoms with Crippen molar-refractivity contribution in [3.63, 3.8) is 0 Å². The van der Waals surface area contributed by atoms with Crippen LogP contribution in [0, 0.1) is 5.41 Å². The maximum Gasteiger partial charge on any atom is 0.481 e. The minimum atomic E-state index is -5.58. The highest BCUT2D eigenvalue weighted by molar-refractivity contribution is 8.13. The average Bonchev–Trinajstić information content (AvgIpc) is 3.75. The van der Waals surface area contributed by atoms with E-state index < -0.39 is 84.6 Å². The number of aliphatic hydroxyl groups excluding tert-OH is 2. The van der Waals surface area contributed by atoms with Crippen LogP contribution in [-0.2, 0) is 50.7 Å². The summed E-state index contributed by atoms with van der Waals surface area (Å²) in [6.45, 7) is 2.67. The molecule has 0 aromatic carbocycles. The van der Waals surface area contributed by atoms with Crippen LogP contribution in [0.25, 0.3) is 11.2 Å². The molecule has 10 N–H and O–H groups in total. The number of nitrogens with two attached hydrogens (primary N) is 1. The molecule has 2 aromatic rings. The van der Waals surface area contributed by atoms with Crippen LogP contribution >= 0.6 is 35.2 Å². The molecule has 3 heterocycles. The van der Waals surface area contributed by atoms with Gasteiger partial charge in [-0.25, -0.2) is 28.6 Å². The van der Waals surface area contributed by atoms with Gasteiger partial charge < -0.3 is 50.9 Å². The molecular formula is C34H56N7O17P3S. The van der Waals surface area contributed by atoms with E-state index in [-0.39, 0.29) is 48.0 Å². The number of anilines is 1. The minimum Gasteiger partial charge on any atom is -0.386 e. The molecule has 62 heavy (non-hydrogen) atoms. The van der Waals surface area contributed by atoms with Crippen molar-refractivity contribution in [2.75, 3.05) is 37.8 Å². The van der Waals surface area contributed by atoms with Gasteiger partial charge in [-0.1, -0.05) is 64.6 Å². The Balaban J connectivity index is 1.39. The number of rotatable bonds is 28. The van der Waals surface area contributed by atoms with Gasteiger partial charge in [0.15, 0.2) is 22.8 Å². The number of phosphoric ester groups is 3. The second kappa shape index (κ2) is 25.0. The Labute approximate surface area is 361 Å². The third-order valence-electron chi connectivity index (χ3n) is 8.97. The molecule has 2 unspecified atom stereocenters. The molecule has 7 atom stereocenters. The number of phosphoric acid groups is 3. The highest BCUT2D eigenvalue weighted by atomic mass is 32.2. The van der Waals surface area contributed by atoms with Crippen molar-refractivity contribution in [3.05, 3.63) is 30.5 Å². The van der Waals surface area contributed by atoms with Crippen LogP contribution < -0.4 is 16.4 Å². The molecule has 3 rings (SSSR count). The second-order valence-corrected chi connectivity index (χ2v) is 20.0. The van der Waals surface area contributed by atoms with Gasteiger partial charge in [0.05, 0.1) is 19.5 Å². The van der Waals surface area contributed by atoms with E-state index in [2.05, 4.69) is 47.1 Å². The number of carbonyl (C=O) groups excluding carboxylic acids is 3. The summed E-state index contributed by atoms with van der Waals surface area (Å²) in [5, 5.41) is 26.4. The Kier molecular flexibility index (Phi) is 21.5. The minimum absolute atomic E-state index is 0.0306. The van der Waals surface area contributed by atoms with Crippen molar-refractivity contribution in [2.24, 2.45) is 5.41 Å². The van der Waals surface area contributed by atoms with Crippen LogP contribution in [0.15, 0.2) is 30.5 Å². The number of fused-ring (bicyclic) bond motifs is 1. The van der Waals surface area contributed by atoms with E-state index in [1.54, 1.807) is 6.08 Å². The van der Waals surface area contributed by atoms with Crippen LogP contribution in [-0.4, -0.2) is 123 Å². The summed E-state index contributed by atoms with van der Waals surface area (Å²) in [5.74, 6) is -1.12. The normalized spacial score (nSPS) is 20.5. The Morgan fingerprint density at radius 3 is 2.42 bits per heavy atom. The van der Waals surface area contributed by atoms with Gasteiger partial charge in [0.1, 0.15) is 36.3 Å². The van der Waals surface area contributed by atoms with Gasteiger partial charge in [-0.3, -0.25) is 32.5 Å². The molecule has 1 saturated heterocycles. The Hall–Kier alpha value is -2.92. The molecule has 24 nitrogen and oxygen atoms in total. The SMILES string of the molecule is CCCCCCCCC=C=CCC(=O)SCCNC(=O)CCNC(=O)[C@@H](O)C(C)(C)COP(=O)(O)OP(=O)(O)OC[C@H]1O[C@@H](n2cnc3c(N)ncnc32)[C@H](O)[C@@H]1OP(=O)(O)O. The largest absolute Gasteiger partial charge is 0.481 e. The first-order chi connectivity index (χ1) is 29.1. The lowest BCUT2D eigenvalue weighted by molar-refractivity contribution is -0.137. The maximum absolute atomic E-state index is 12.7. The number of hydrogen-bond donors (Lipinski definition) is 9. The van der Waals surface area contributed by atoms with E-state index in [1.165, 1.54) is 46.0 Å². The average molecular weight is 960 g/mol. The quantitative estimate of drug-likeness (QED) is 0.0336. The van der Waals surface area contributed by atoms with Crippen LogP contribution in [0.1, 0.15) is 84.8 Å². The number of unbranched alkanes of at least 4 members (excludes halogenated alkanes) is 6. The number of aromatic nitrogens is 4. The summed E-state index contributed by atoms with van der Waals surface area (Å²) in [4.78, 5) is 87.9. The Morgan fingerprint density at radius 2 is 1.71 bits per heavy atom. The predicted octanol–water partition coefficient (Wildman–Crippen LogP) is 2.52. The molecular weight excluding hydrogens is 903 g/mol. The summed E-state index contributed by atoms with van der Waals surface area (Å²) >= 11 is 1.06. The monoisotopic (exact) mass is 959 g/mol. The molecule has 28 heteroatoms. The van der Waals surface area contributed by atoms with Gasteiger partial charge in [0, 0.05) is 37.1 Å². The van der Waals surface area contributed by atoms with Gasteiger partial charge >= 0.3 is 23.5 Å². The fraction of sp³-hybridized carbons (Fsp3) is 0.676. The Morgan fingerprint density at radius 1 is 1.02 bits per heavy atom. The zero-order valence-corrected chi connectivity index (χ0v) is 37.9. The lowest BCUT2D eigenvalue weighted by Gasteiger charge is -2.30. The number of imidazole rings is 1. The van der Waals surface area contributed by atoms with Crippen LogP contribution in [0.3, 0.4) is 0 Å². The number of allylic oxidation sites excluding steroid dienone is 1. The van der Waals surface area contributed by atoms with E-state index >= 15 is 0 Å². The van der Waals surface area contributed by atoms with Crippen molar-refractivity contribution in [1.82, 2.24) is 30.2 Å². The maximum atomic E-state index is 12.7. The van der Waals surface area contributed by atoms with E-state index in [0.29, 0.717) is 5.75 Å². The van der Waals surface area contributed by atoms with Crippen molar-refractivity contribution >= 4 is 69.1 Å². The molecule has 1 fully saturated rings. The molecule has 2 aromatic heterocycles. The molecule has 2 amide bonds. The summed E-state index contributed by atoms with van der Waals surface area (Å²) in [6, 6.07) is 0. The standard InChI is InChI=1S/C34H56N7O17P3S/c1-4-5-6-7-8-9-10-11-12-13-14-25(43)62-18-17-36-24(42)15-16-37-32(46)29(45)34(2,3)20-55-61(52,53)58-60(50,51)54-19-23-28(57-59(47,48)49)27(44)33(56-23)41-22-40-26-30(35)38-21-39-31(26)41/h11,13,21-23,27-29,33,44-45H,4-10,14-20H2,1-3H3,(H,36,42)(H,37,46)(H,50,51)(H,52,53)(H2,35,38,39)(H2,47,48,49)/t12?,23-,27-,28-,29-,33-/m1/s1. The molecule has 1 aliphatic rings. The van der Waals surface area contributed by atoms with Crippen molar-refractivity contribution < 1.29 is 80.5 Å². The molecule has 350 valence electrons. The number of amides is 2. The number of nitrogen functional groups attached to an aromatic ring is 1. The third-order valence-corrected chi connectivity index (χ3v) is 13.0. The number of nitrogens with one attached hydrogen (secondary N) is 2. The van der Waals surface area contributed by atoms with Gasteiger partial charge in [0.25, 0.3) is 0 Å². The molecule has 0 radical (unpaired) electrons. The lowest BCUT2D eigenvalue weighted by Crippen LogP contribution is -2.46. The van der Waals surface area contributed by atoms with Crippen LogP contribution in [0.5, 0.6) is 0 Å². The van der Waals surface area contributed by atoms with Gasteiger partial charge in [-0.2, -0.15) is 4.31 Å². The molecule has 0 bridgehead atoms. The van der Waals surface area contributed by atoms with E-state index in [4.69, 9.17) is 19.5 Å². The highest BCUT2D eigenvalue weighted by Crippen LogP contribution is 2.61. The fourth-order valence-corrected chi connectivity index (χ4v) is 9.15. The van der Waals surface area contributed by atoms with Gasteiger partial charge in [-0.15, -0.1) is 5.73 Å². The Bertz CT molecular complexity index is 2010. The summed E-state index contributed by atoms with van der Waals surface area (Å²) in [7, 11) is -16.4. The molecule has 0 saturated carbocycles. The molecule has 1 aliphatic heterocycles. The van der Waals surface area contributed by atoms with Gasteiger partial charge in [0.2, 0.25) is 11.8 Å². The number of ether oxygens (including phenoxy) is 1. The van der Waals surface area contributed by atoms with E-state index in [9.17, 15) is 57.9 Å². The van der Waals surface area contributed by atoms with Crippen LogP contribution in [0.2, 0.25) is 0 Å². The first-order valence-corrected chi connectivity index (χ1v) is 25.0. The van der Waals surface area contributed by atoms with Crippen LogP contribution in [0.4, 0.5) is 5.82 Å².